The minimum absolute atomic E-state index is 0.0801. The molecule has 0 spiro atoms. The van der Waals surface area contributed by atoms with Crippen LogP contribution in [-0.2, 0) is 6.61 Å². The smallest absolute Gasteiger partial charge is 0.0695 e. The van der Waals surface area contributed by atoms with Gasteiger partial charge in [0.2, 0.25) is 0 Å². The highest BCUT2D eigenvalue weighted by molar-refractivity contribution is 7.17. The molecule has 0 saturated heterocycles. The molecule has 0 fully saturated rings. The van der Waals surface area contributed by atoms with Gasteiger partial charge in [0.15, 0.2) is 0 Å². The Hall–Kier alpha value is -1.06. The monoisotopic (exact) mass is 193 g/mol. The summed E-state index contributed by atoms with van der Waals surface area (Å²) in [7, 11) is 0. The van der Waals surface area contributed by atoms with Crippen molar-refractivity contribution in [1.82, 2.24) is 0 Å². The predicted octanol–water partition coefficient (Wildman–Crippen LogP) is 2.28. The lowest BCUT2D eigenvalue weighted by molar-refractivity contribution is 0.283. The average Bonchev–Trinajstić information content (AvgIpc) is 2.50. The Morgan fingerprint density at radius 3 is 2.92 bits per heavy atom. The van der Waals surface area contributed by atoms with Crippen LogP contribution in [0.15, 0.2) is 17.5 Å². The first kappa shape index (κ1) is 8.53. The van der Waals surface area contributed by atoms with Crippen molar-refractivity contribution < 1.29 is 5.11 Å². The summed E-state index contributed by atoms with van der Waals surface area (Å²) in [6.45, 7) is 2.12. The number of anilines is 1. The SMILES string of the molecule is Cc1csc2c(CO)ccc(N)c12. The van der Waals surface area contributed by atoms with Crippen LogP contribution >= 0.6 is 11.3 Å². The van der Waals surface area contributed by atoms with E-state index in [4.69, 9.17) is 10.8 Å². The molecule has 0 atom stereocenters. The molecule has 2 rings (SSSR count). The topological polar surface area (TPSA) is 46.2 Å². The van der Waals surface area contributed by atoms with Crippen molar-refractivity contribution in [2.45, 2.75) is 13.5 Å². The lowest BCUT2D eigenvalue weighted by Gasteiger charge is -2.02. The summed E-state index contributed by atoms with van der Waals surface area (Å²) in [4.78, 5) is 0. The fourth-order valence-corrected chi connectivity index (χ4v) is 2.61. The van der Waals surface area contributed by atoms with Gasteiger partial charge < -0.3 is 10.8 Å². The molecular weight excluding hydrogens is 182 g/mol. The summed E-state index contributed by atoms with van der Waals surface area (Å²) in [6, 6.07) is 3.74. The summed E-state index contributed by atoms with van der Waals surface area (Å²) in [5, 5.41) is 12.3. The maximum atomic E-state index is 9.10. The van der Waals surface area contributed by atoms with Gasteiger partial charge in [-0.25, -0.2) is 0 Å². The largest absolute Gasteiger partial charge is 0.398 e. The number of hydrogen-bond donors (Lipinski definition) is 2. The van der Waals surface area contributed by atoms with E-state index in [0.29, 0.717) is 0 Å². The Labute approximate surface area is 80.6 Å². The molecule has 0 bridgehead atoms. The molecule has 3 heteroatoms. The van der Waals surface area contributed by atoms with E-state index in [1.165, 1.54) is 5.56 Å². The van der Waals surface area contributed by atoms with E-state index in [2.05, 4.69) is 5.38 Å². The molecule has 0 aliphatic carbocycles. The van der Waals surface area contributed by atoms with Crippen LogP contribution in [0.4, 0.5) is 5.69 Å². The van der Waals surface area contributed by atoms with Gasteiger partial charge in [-0.15, -0.1) is 11.3 Å². The van der Waals surface area contributed by atoms with E-state index in [0.717, 1.165) is 21.3 Å². The second-order valence-corrected chi connectivity index (χ2v) is 3.97. The predicted molar refractivity (Wildman–Crippen MR) is 56.9 cm³/mol. The number of nitrogen functional groups attached to an aromatic ring is 1. The first-order chi connectivity index (χ1) is 6.24. The third-order valence-corrected chi connectivity index (χ3v) is 3.36. The average molecular weight is 193 g/mol. The van der Waals surface area contributed by atoms with Crippen molar-refractivity contribution in [3.8, 4) is 0 Å². The Bertz CT molecular complexity index is 447. The number of aliphatic hydroxyl groups is 1. The van der Waals surface area contributed by atoms with Gasteiger partial charge in [-0.2, -0.15) is 0 Å². The fraction of sp³-hybridized carbons (Fsp3) is 0.200. The molecule has 68 valence electrons. The lowest BCUT2D eigenvalue weighted by Crippen LogP contribution is -1.89. The zero-order valence-electron chi connectivity index (χ0n) is 7.37. The first-order valence-corrected chi connectivity index (χ1v) is 4.98. The minimum atomic E-state index is 0.0801. The van der Waals surface area contributed by atoms with Crippen LogP contribution in [0, 0.1) is 6.92 Å². The molecule has 0 radical (unpaired) electrons. The first-order valence-electron chi connectivity index (χ1n) is 4.10. The van der Waals surface area contributed by atoms with Crippen LogP contribution in [-0.4, -0.2) is 5.11 Å². The Morgan fingerprint density at radius 1 is 1.46 bits per heavy atom. The molecule has 2 nitrogen and oxygen atoms in total. The van der Waals surface area contributed by atoms with Crippen LogP contribution in [0.3, 0.4) is 0 Å². The normalized spacial score (nSPS) is 10.9. The molecule has 0 unspecified atom stereocenters. The summed E-state index contributed by atoms with van der Waals surface area (Å²) in [5.41, 5.74) is 8.80. The Balaban J connectivity index is 2.87. The van der Waals surface area contributed by atoms with Crippen LogP contribution in [0.5, 0.6) is 0 Å². The van der Waals surface area contributed by atoms with Crippen LogP contribution in [0.1, 0.15) is 11.1 Å². The van der Waals surface area contributed by atoms with Gasteiger partial charge >= 0.3 is 0 Å². The van der Waals surface area contributed by atoms with Gasteiger partial charge in [0.05, 0.1) is 6.61 Å². The third-order valence-electron chi connectivity index (χ3n) is 2.19. The van der Waals surface area contributed by atoms with Crippen molar-refractivity contribution in [3.05, 3.63) is 28.6 Å². The zero-order valence-corrected chi connectivity index (χ0v) is 8.19. The van der Waals surface area contributed by atoms with E-state index >= 15 is 0 Å². The maximum absolute atomic E-state index is 9.10. The van der Waals surface area contributed by atoms with Gasteiger partial charge in [0, 0.05) is 15.8 Å². The van der Waals surface area contributed by atoms with Crippen LogP contribution in [0.2, 0.25) is 0 Å². The van der Waals surface area contributed by atoms with E-state index in [1.807, 2.05) is 19.1 Å². The van der Waals surface area contributed by atoms with Gasteiger partial charge in [-0.05, 0) is 29.5 Å². The zero-order chi connectivity index (χ0) is 9.42. The van der Waals surface area contributed by atoms with Gasteiger partial charge in [-0.3, -0.25) is 0 Å². The molecule has 1 aromatic heterocycles. The van der Waals surface area contributed by atoms with Crippen molar-refractivity contribution in [2.75, 3.05) is 5.73 Å². The molecule has 1 heterocycles. The standard InChI is InChI=1S/C10H11NOS/c1-6-5-13-10-7(4-12)2-3-8(11)9(6)10/h2-3,5,12H,4,11H2,1H3. The summed E-state index contributed by atoms with van der Waals surface area (Å²) in [5.74, 6) is 0. The third kappa shape index (κ3) is 1.20. The van der Waals surface area contributed by atoms with E-state index in [1.54, 1.807) is 11.3 Å². The van der Waals surface area contributed by atoms with Crippen molar-refractivity contribution in [1.29, 1.82) is 0 Å². The Kier molecular flexibility index (Phi) is 1.98. The summed E-state index contributed by atoms with van der Waals surface area (Å²) >= 11 is 1.64. The molecule has 0 aliphatic rings. The molecule has 1 aromatic carbocycles. The fourth-order valence-electron chi connectivity index (χ4n) is 1.51. The van der Waals surface area contributed by atoms with E-state index in [-0.39, 0.29) is 6.61 Å². The molecule has 3 N–H and O–H groups in total. The van der Waals surface area contributed by atoms with Gasteiger partial charge in [0.1, 0.15) is 0 Å². The van der Waals surface area contributed by atoms with Crippen molar-refractivity contribution in [2.24, 2.45) is 0 Å². The Morgan fingerprint density at radius 2 is 2.23 bits per heavy atom. The lowest BCUT2D eigenvalue weighted by atomic mass is 10.1. The number of benzene rings is 1. The van der Waals surface area contributed by atoms with E-state index < -0.39 is 0 Å². The summed E-state index contributed by atoms with van der Waals surface area (Å²) < 4.78 is 1.11. The van der Waals surface area contributed by atoms with Crippen molar-refractivity contribution in [3.63, 3.8) is 0 Å². The highest BCUT2D eigenvalue weighted by Gasteiger charge is 2.07. The van der Waals surface area contributed by atoms with Crippen LogP contribution in [0.25, 0.3) is 10.1 Å². The maximum Gasteiger partial charge on any atom is 0.0695 e. The molecular formula is C10H11NOS. The number of nitrogens with two attached hydrogens (primary N) is 1. The molecule has 0 amide bonds. The molecule has 2 aromatic rings. The number of hydrogen-bond acceptors (Lipinski definition) is 3. The number of aliphatic hydroxyl groups excluding tert-OH is 1. The summed E-state index contributed by atoms with van der Waals surface area (Å²) in [6.07, 6.45) is 0. The second kappa shape index (κ2) is 3.01. The minimum Gasteiger partial charge on any atom is -0.398 e. The van der Waals surface area contributed by atoms with Gasteiger partial charge in [-0.1, -0.05) is 6.07 Å². The second-order valence-electron chi connectivity index (χ2n) is 3.09. The molecule has 13 heavy (non-hydrogen) atoms. The highest BCUT2D eigenvalue weighted by atomic mass is 32.1. The number of rotatable bonds is 1. The quantitative estimate of drug-likeness (QED) is 0.682. The van der Waals surface area contributed by atoms with Crippen molar-refractivity contribution >= 4 is 27.1 Å². The van der Waals surface area contributed by atoms with E-state index in [9.17, 15) is 0 Å². The van der Waals surface area contributed by atoms with Crippen LogP contribution < -0.4 is 5.73 Å². The molecule has 0 aliphatic heterocycles. The number of thiophene rings is 1. The highest BCUT2D eigenvalue weighted by Crippen LogP contribution is 2.32. The van der Waals surface area contributed by atoms with Gasteiger partial charge in [0.25, 0.3) is 0 Å². The molecule has 0 saturated carbocycles. The number of aryl methyl sites for hydroxylation is 1. The number of fused-ring (bicyclic) bond motifs is 1.